The highest BCUT2D eigenvalue weighted by Gasteiger charge is 2.19. The van der Waals surface area contributed by atoms with Crippen LogP contribution in [0, 0.1) is 0 Å². The number of nitrogens with zero attached hydrogens (tertiary/aromatic N) is 3. The van der Waals surface area contributed by atoms with E-state index < -0.39 is 0 Å². The van der Waals surface area contributed by atoms with Crippen LogP contribution in [-0.2, 0) is 0 Å². The maximum atomic E-state index is 6.22. The lowest BCUT2D eigenvalue weighted by atomic mass is 10.2. The van der Waals surface area contributed by atoms with E-state index in [1.807, 2.05) is 18.2 Å². The number of anilines is 1. The second-order valence-corrected chi connectivity index (χ2v) is 5.07. The topological polar surface area (TPSA) is 44.9 Å². The summed E-state index contributed by atoms with van der Waals surface area (Å²) in [5.41, 5.74) is 7.08. The van der Waals surface area contributed by atoms with Gasteiger partial charge in [-0.1, -0.05) is 30.7 Å². The molecule has 0 aromatic heterocycles. The predicted octanol–water partition coefficient (Wildman–Crippen LogP) is 2.19. The lowest BCUT2D eigenvalue weighted by molar-refractivity contribution is 0.381. The van der Waals surface area contributed by atoms with E-state index in [4.69, 9.17) is 17.3 Å². The standard InChI is InChI=1S/C14H21ClN4/c1-2-7-17-14(16)19-10-8-18(9-11-19)13-6-4-3-5-12(13)15/h3-6H,2,7-11H2,1H3,(H2,16,17). The Labute approximate surface area is 119 Å². The minimum absolute atomic E-state index is 0.667. The van der Waals surface area contributed by atoms with Crippen molar-refractivity contribution in [2.24, 2.45) is 10.7 Å². The van der Waals surface area contributed by atoms with Gasteiger partial charge in [0.1, 0.15) is 0 Å². The molecule has 1 aromatic rings. The molecule has 1 heterocycles. The molecule has 104 valence electrons. The number of aliphatic imine (C=N–C) groups is 1. The molecule has 0 bridgehead atoms. The SMILES string of the molecule is CCCN=C(N)N1CCN(c2ccccc2Cl)CC1. The zero-order chi connectivity index (χ0) is 13.7. The zero-order valence-electron chi connectivity index (χ0n) is 11.3. The summed E-state index contributed by atoms with van der Waals surface area (Å²) < 4.78 is 0. The molecule has 0 amide bonds. The van der Waals surface area contributed by atoms with Crippen molar-refractivity contribution in [3.63, 3.8) is 0 Å². The summed E-state index contributed by atoms with van der Waals surface area (Å²) in [7, 11) is 0. The van der Waals surface area contributed by atoms with Gasteiger partial charge in [-0.2, -0.15) is 0 Å². The number of halogens is 1. The molecule has 1 aliphatic rings. The quantitative estimate of drug-likeness (QED) is 0.682. The smallest absolute Gasteiger partial charge is 0.191 e. The lowest BCUT2D eigenvalue weighted by Gasteiger charge is -2.37. The summed E-state index contributed by atoms with van der Waals surface area (Å²) >= 11 is 6.22. The number of piperazine rings is 1. The van der Waals surface area contributed by atoms with Crippen LogP contribution in [0.25, 0.3) is 0 Å². The van der Waals surface area contributed by atoms with Gasteiger partial charge in [0.25, 0.3) is 0 Å². The van der Waals surface area contributed by atoms with E-state index in [1.54, 1.807) is 0 Å². The van der Waals surface area contributed by atoms with Crippen molar-refractivity contribution in [2.75, 3.05) is 37.6 Å². The number of guanidine groups is 1. The third kappa shape index (κ3) is 3.53. The zero-order valence-corrected chi connectivity index (χ0v) is 12.1. The Kier molecular flexibility index (Phi) is 4.91. The average Bonchev–Trinajstić information content (AvgIpc) is 2.45. The normalized spacial score (nSPS) is 16.8. The summed E-state index contributed by atoms with van der Waals surface area (Å²) in [5.74, 6) is 0.667. The van der Waals surface area contributed by atoms with Crippen molar-refractivity contribution in [1.29, 1.82) is 0 Å². The Morgan fingerprint density at radius 2 is 1.95 bits per heavy atom. The van der Waals surface area contributed by atoms with Crippen LogP contribution in [0.15, 0.2) is 29.3 Å². The highest BCUT2D eigenvalue weighted by atomic mass is 35.5. The fraction of sp³-hybridized carbons (Fsp3) is 0.500. The van der Waals surface area contributed by atoms with Crippen LogP contribution in [0.5, 0.6) is 0 Å². The van der Waals surface area contributed by atoms with Crippen LogP contribution in [0.2, 0.25) is 5.02 Å². The molecule has 0 radical (unpaired) electrons. The van der Waals surface area contributed by atoms with Gasteiger partial charge in [0.05, 0.1) is 10.7 Å². The van der Waals surface area contributed by atoms with E-state index in [1.165, 1.54) is 0 Å². The third-order valence-electron chi connectivity index (χ3n) is 3.29. The minimum Gasteiger partial charge on any atom is -0.370 e. The molecule has 0 aliphatic carbocycles. The summed E-state index contributed by atoms with van der Waals surface area (Å²) in [4.78, 5) is 8.80. The number of hydrogen-bond acceptors (Lipinski definition) is 2. The van der Waals surface area contributed by atoms with Gasteiger partial charge in [-0.15, -0.1) is 0 Å². The summed E-state index contributed by atoms with van der Waals surface area (Å²) in [6, 6.07) is 7.97. The van der Waals surface area contributed by atoms with Crippen molar-refractivity contribution >= 4 is 23.2 Å². The van der Waals surface area contributed by atoms with Gasteiger partial charge in [0, 0.05) is 32.7 Å². The summed E-state index contributed by atoms with van der Waals surface area (Å²) in [6.07, 6.45) is 1.03. The first-order valence-corrected chi connectivity index (χ1v) is 7.14. The maximum Gasteiger partial charge on any atom is 0.191 e. The van der Waals surface area contributed by atoms with Crippen molar-refractivity contribution in [1.82, 2.24) is 4.90 Å². The van der Waals surface area contributed by atoms with Crippen LogP contribution in [0.1, 0.15) is 13.3 Å². The van der Waals surface area contributed by atoms with Crippen LogP contribution < -0.4 is 10.6 Å². The fourth-order valence-electron chi connectivity index (χ4n) is 2.21. The molecule has 1 aromatic carbocycles. The molecular weight excluding hydrogens is 260 g/mol. The Bertz CT molecular complexity index is 439. The molecule has 1 fully saturated rings. The molecule has 1 aliphatic heterocycles. The molecular formula is C14H21ClN4. The van der Waals surface area contributed by atoms with Crippen LogP contribution in [0.4, 0.5) is 5.69 Å². The second kappa shape index (κ2) is 6.66. The molecule has 1 saturated heterocycles. The van der Waals surface area contributed by atoms with Crippen molar-refractivity contribution < 1.29 is 0 Å². The highest BCUT2D eigenvalue weighted by Crippen LogP contribution is 2.25. The van der Waals surface area contributed by atoms with Gasteiger partial charge < -0.3 is 15.5 Å². The first-order valence-electron chi connectivity index (χ1n) is 6.76. The largest absolute Gasteiger partial charge is 0.370 e. The molecule has 0 saturated carbocycles. The predicted molar refractivity (Wildman–Crippen MR) is 82.0 cm³/mol. The maximum absolute atomic E-state index is 6.22. The molecule has 2 N–H and O–H groups in total. The Morgan fingerprint density at radius 1 is 1.26 bits per heavy atom. The van der Waals surface area contributed by atoms with Crippen LogP contribution in [-0.4, -0.2) is 43.6 Å². The first kappa shape index (κ1) is 14.0. The van der Waals surface area contributed by atoms with Gasteiger partial charge >= 0.3 is 0 Å². The third-order valence-corrected chi connectivity index (χ3v) is 3.61. The van der Waals surface area contributed by atoms with E-state index in [0.717, 1.165) is 49.9 Å². The molecule has 5 heteroatoms. The molecule has 0 atom stereocenters. The van der Waals surface area contributed by atoms with Gasteiger partial charge in [-0.25, -0.2) is 0 Å². The Balaban J connectivity index is 1.94. The van der Waals surface area contributed by atoms with E-state index in [-0.39, 0.29) is 0 Å². The summed E-state index contributed by atoms with van der Waals surface area (Å²) in [5, 5.41) is 0.809. The Hall–Kier alpha value is -1.42. The molecule has 4 nitrogen and oxygen atoms in total. The molecule has 19 heavy (non-hydrogen) atoms. The van der Waals surface area contributed by atoms with E-state index in [2.05, 4.69) is 27.8 Å². The van der Waals surface area contributed by atoms with Gasteiger partial charge in [-0.3, -0.25) is 4.99 Å². The fourth-order valence-corrected chi connectivity index (χ4v) is 2.47. The van der Waals surface area contributed by atoms with Crippen LogP contribution in [0.3, 0.4) is 0 Å². The van der Waals surface area contributed by atoms with E-state index in [0.29, 0.717) is 5.96 Å². The number of benzene rings is 1. The highest BCUT2D eigenvalue weighted by molar-refractivity contribution is 6.33. The molecule has 0 unspecified atom stereocenters. The number of para-hydroxylation sites is 1. The van der Waals surface area contributed by atoms with Crippen LogP contribution >= 0.6 is 11.6 Å². The average molecular weight is 281 g/mol. The first-order chi connectivity index (χ1) is 9.22. The Morgan fingerprint density at radius 3 is 2.58 bits per heavy atom. The van der Waals surface area contributed by atoms with E-state index in [9.17, 15) is 0 Å². The van der Waals surface area contributed by atoms with Gasteiger partial charge in [0.2, 0.25) is 0 Å². The number of hydrogen-bond donors (Lipinski definition) is 1. The lowest BCUT2D eigenvalue weighted by Crippen LogP contribution is -2.51. The second-order valence-electron chi connectivity index (χ2n) is 4.67. The number of rotatable bonds is 3. The number of nitrogens with two attached hydrogens (primary N) is 1. The molecule has 0 spiro atoms. The van der Waals surface area contributed by atoms with Crippen molar-refractivity contribution in [2.45, 2.75) is 13.3 Å². The minimum atomic E-state index is 0.667. The summed E-state index contributed by atoms with van der Waals surface area (Å²) in [6.45, 7) is 6.54. The van der Waals surface area contributed by atoms with E-state index >= 15 is 0 Å². The molecule has 2 rings (SSSR count). The monoisotopic (exact) mass is 280 g/mol. The van der Waals surface area contributed by atoms with Crippen molar-refractivity contribution in [3.8, 4) is 0 Å². The van der Waals surface area contributed by atoms with Crippen molar-refractivity contribution in [3.05, 3.63) is 29.3 Å². The van der Waals surface area contributed by atoms with Gasteiger partial charge in [-0.05, 0) is 18.6 Å². The van der Waals surface area contributed by atoms with Gasteiger partial charge in [0.15, 0.2) is 5.96 Å².